The maximum absolute atomic E-state index is 2.40. The molecule has 0 aliphatic rings. The Morgan fingerprint density at radius 3 is 1.35 bits per heavy atom. The molecule has 0 unspecified atom stereocenters. The summed E-state index contributed by atoms with van der Waals surface area (Å²) < 4.78 is 0. The van der Waals surface area contributed by atoms with Crippen LogP contribution in [-0.2, 0) is 0 Å². The highest BCUT2D eigenvalue weighted by molar-refractivity contribution is 6.15. The van der Waals surface area contributed by atoms with E-state index in [0.29, 0.717) is 0 Å². The first-order chi connectivity index (χ1) is 25.3. The fourth-order valence-electron chi connectivity index (χ4n) is 7.35. The molecule has 0 spiro atoms. The Morgan fingerprint density at radius 2 is 0.706 bits per heavy atom. The molecule has 9 rings (SSSR count). The first-order valence-electron chi connectivity index (χ1n) is 17.5. The first-order valence-corrected chi connectivity index (χ1v) is 17.5. The summed E-state index contributed by atoms with van der Waals surface area (Å²) in [6.07, 6.45) is 0. The van der Waals surface area contributed by atoms with Crippen molar-refractivity contribution in [1.82, 2.24) is 0 Å². The molecule has 0 fully saturated rings. The zero-order chi connectivity index (χ0) is 34.0. The maximum Gasteiger partial charge on any atom is 0.0540 e. The quantitative estimate of drug-likeness (QED) is 0.155. The Balaban J connectivity index is 1.19. The highest BCUT2D eigenvalue weighted by Crippen LogP contribution is 2.44. The van der Waals surface area contributed by atoms with Crippen molar-refractivity contribution in [2.45, 2.75) is 0 Å². The molecule has 0 N–H and O–H groups in total. The second-order valence-corrected chi connectivity index (χ2v) is 13.0. The zero-order valence-electron chi connectivity index (χ0n) is 28.2. The van der Waals surface area contributed by atoms with Crippen molar-refractivity contribution in [3.05, 3.63) is 212 Å². The number of rotatable bonds is 7. The SMILES string of the molecule is c1ccc(-c2ccc(N(c3ccc(-c4cccc(-c5ccccc5)c4)cc3)c3ccccc3-c3cc4ccccc4c4ccccc34)cc2)cc1. The van der Waals surface area contributed by atoms with Gasteiger partial charge in [0, 0.05) is 16.9 Å². The summed E-state index contributed by atoms with van der Waals surface area (Å²) in [6, 6.07) is 76.6. The highest BCUT2D eigenvalue weighted by Gasteiger charge is 2.19. The minimum Gasteiger partial charge on any atom is -0.310 e. The van der Waals surface area contributed by atoms with E-state index in [1.54, 1.807) is 0 Å². The van der Waals surface area contributed by atoms with Crippen LogP contribution >= 0.6 is 0 Å². The monoisotopic (exact) mass is 649 g/mol. The van der Waals surface area contributed by atoms with Crippen LogP contribution < -0.4 is 4.90 Å². The topological polar surface area (TPSA) is 3.24 Å². The summed E-state index contributed by atoms with van der Waals surface area (Å²) in [6.45, 7) is 0. The second-order valence-electron chi connectivity index (χ2n) is 13.0. The van der Waals surface area contributed by atoms with Gasteiger partial charge in [-0.15, -0.1) is 0 Å². The van der Waals surface area contributed by atoms with Gasteiger partial charge in [-0.1, -0.05) is 170 Å². The van der Waals surface area contributed by atoms with Gasteiger partial charge in [0.1, 0.15) is 0 Å². The van der Waals surface area contributed by atoms with Gasteiger partial charge in [0.2, 0.25) is 0 Å². The molecule has 0 bridgehead atoms. The Labute approximate surface area is 299 Å². The van der Waals surface area contributed by atoms with Gasteiger partial charge in [0.25, 0.3) is 0 Å². The number of hydrogen-bond donors (Lipinski definition) is 0. The van der Waals surface area contributed by atoms with Crippen LogP contribution in [0.3, 0.4) is 0 Å². The molecule has 240 valence electrons. The summed E-state index contributed by atoms with van der Waals surface area (Å²) in [4.78, 5) is 2.40. The number of para-hydroxylation sites is 1. The molecule has 0 radical (unpaired) electrons. The van der Waals surface area contributed by atoms with E-state index in [2.05, 4.69) is 217 Å². The van der Waals surface area contributed by atoms with Crippen LogP contribution in [0.2, 0.25) is 0 Å². The van der Waals surface area contributed by atoms with Gasteiger partial charge in [-0.2, -0.15) is 0 Å². The van der Waals surface area contributed by atoms with E-state index < -0.39 is 0 Å². The van der Waals surface area contributed by atoms with E-state index >= 15 is 0 Å². The van der Waals surface area contributed by atoms with E-state index in [9.17, 15) is 0 Å². The van der Waals surface area contributed by atoms with E-state index in [-0.39, 0.29) is 0 Å². The van der Waals surface area contributed by atoms with Crippen molar-refractivity contribution in [2.75, 3.05) is 4.90 Å². The van der Waals surface area contributed by atoms with E-state index in [1.807, 2.05) is 0 Å². The predicted octanol–water partition coefficient (Wildman–Crippen LogP) is 14.1. The molecule has 0 aromatic heterocycles. The van der Waals surface area contributed by atoms with Gasteiger partial charge < -0.3 is 4.90 Å². The van der Waals surface area contributed by atoms with E-state index in [0.717, 1.165) is 17.1 Å². The Morgan fingerprint density at radius 1 is 0.255 bits per heavy atom. The molecule has 9 aromatic rings. The van der Waals surface area contributed by atoms with Crippen molar-refractivity contribution in [3.63, 3.8) is 0 Å². The Hall–Kier alpha value is -6.70. The van der Waals surface area contributed by atoms with Gasteiger partial charge >= 0.3 is 0 Å². The summed E-state index contributed by atoms with van der Waals surface area (Å²) in [7, 11) is 0. The molecule has 0 amide bonds. The lowest BCUT2D eigenvalue weighted by atomic mass is 9.92. The third-order valence-electron chi connectivity index (χ3n) is 9.86. The summed E-state index contributed by atoms with van der Waals surface area (Å²) in [5.41, 5.74) is 13.0. The molecule has 0 heterocycles. The van der Waals surface area contributed by atoms with Crippen LogP contribution in [0.4, 0.5) is 17.1 Å². The summed E-state index contributed by atoms with van der Waals surface area (Å²) in [5.74, 6) is 0. The lowest BCUT2D eigenvalue weighted by molar-refractivity contribution is 1.28. The van der Waals surface area contributed by atoms with Crippen LogP contribution in [0.25, 0.3) is 66.1 Å². The van der Waals surface area contributed by atoms with Crippen LogP contribution in [0.15, 0.2) is 212 Å². The molecule has 9 aromatic carbocycles. The molecule has 1 nitrogen and oxygen atoms in total. The second kappa shape index (κ2) is 13.3. The van der Waals surface area contributed by atoms with Crippen LogP contribution in [0.1, 0.15) is 0 Å². The molecule has 0 saturated carbocycles. The number of anilines is 3. The average Bonchev–Trinajstić information content (AvgIpc) is 3.22. The largest absolute Gasteiger partial charge is 0.310 e. The minimum atomic E-state index is 1.10. The molecular formula is C50H35N. The van der Waals surface area contributed by atoms with Crippen molar-refractivity contribution in [3.8, 4) is 44.5 Å². The van der Waals surface area contributed by atoms with Gasteiger partial charge in [0.05, 0.1) is 5.69 Å². The van der Waals surface area contributed by atoms with Crippen LogP contribution in [-0.4, -0.2) is 0 Å². The Bertz CT molecular complexity index is 2600. The maximum atomic E-state index is 2.40. The fraction of sp³-hybridized carbons (Fsp3) is 0. The van der Waals surface area contributed by atoms with Crippen LogP contribution in [0.5, 0.6) is 0 Å². The van der Waals surface area contributed by atoms with Gasteiger partial charge in [-0.25, -0.2) is 0 Å². The van der Waals surface area contributed by atoms with E-state index in [1.165, 1.54) is 66.1 Å². The molecule has 0 saturated heterocycles. The third-order valence-corrected chi connectivity index (χ3v) is 9.86. The number of nitrogens with zero attached hydrogens (tertiary/aromatic N) is 1. The van der Waals surface area contributed by atoms with Gasteiger partial charge in [0.15, 0.2) is 0 Å². The molecule has 1 heteroatoms. The summed E-state index contributed by atoms with van der Waals surface area (Å²) >= 11 is 0. The first kappa shape index (κ1) is 30.4. The lowest BCUT2D eigenvalue weighted by Gasteiger charge is -2.28. The van der Waals surface area contributed by atoms with Crippen molar-refractivity contribution in [1.29, 1.82) is 0 Å². The number of fused-ring (bicyclic) bond motifs is 3. The molecule has 0 aliphatic carbocycles. The lowest BCUT2D eigenvalue weighted by Crippen LogP contribution is -2.11. The zero-order valence-corrected chi connectivity index (χ0v) is 28.2. The van der Waals surface area contributed by atoms with Gasteiger partial charge in [-0.05, 0) is 103 Å². The Kier molecular flexibility index (Phi) is 7.92. The standard InChI is InChI=1S/C50H35N/c1-3-14-36(15-4-1)38-26-30-43(31-27-38)51(44-32-28-39(29-33-44)41-20-13-19-40(34-41)37-16-5-2-6-17-37)50-25-12-11-24-48(50)49-35-42-18-7-8-21-45(42)46-22-9-10-23-47(46)49/h1-35H. The third kappa shape index (κ3) is 5.86. The van der Waals surface area contributed by atoms with E-state index in [4.69, 9.17) is 0 Å². The molecule has 0 aliphatic heterocycles. The highest BCUT2D eigenvalue weighted by atomic mass is 15.1. The number of hydrogen-bond acceptors (Lipinski definition) is 1. The van der Waals surface area contributed by atoms with Gasteiger partial charge in [-0.3, -0.25) is 0 Å². The van der Waals surface area contributed by atoms with Crippen molar-refractivity contribution >= 4 is 38.6 Å². The molecule has 0 atom stereocenters. The smallest absolute Gasteiger partial charge is 0.0540 e. The van der Waals surface area contributed by atoms with Crippen molar-refractivity contribution in [2.24, 2.45) is 0 Å². The molecule has 51 heavy (non-hydrogen) atoms. The number of benzene rings is 9. The normalized spacial score (nSPS) is 11.1. The average molecular weight is 650 g/mol. The summed E-state index contributed by atoms with van der Waals surface area (Å²) in [5, 5.41) is 5.02. The molecular weight excluding hydrogens is 615 g/mol. The fourth-order valence-corrected chi connectivity index (χ4v) is 7.35. The minimum absolute atomic E-state index is 1.10. The van der Waals surface area contributed by atoms with Crippen molar-refractivity contribution < 1.29 is 0 Å². The van der Waals surface area contributed by atoms with Crippen LogP contribution in [0, 0.1) is 0 Å². The predicted molar refractivity (Wildman–Crippen MR) is 218 cm³/mol.